The summed E-state index contributed by atoms with van der Waals surface area (Å²) in [5, 5.41) is 3.20. The zero-order valence-electron chi connectivity index (χ0n) is 13.0. The van der Waals surface area contributed by atoms with Crippen molar-refractivity contribution in [2.45, 2.75) is 18.9 Å². The Labute approximate surface area is 138 Å². The lowest BCUT2D eigenvalue weighted by molar-refractivity contribution is 0.174. The molecule has 4 heteroatoms. The summed E-state index contributed by atoms with van der Waals surface area (Å²) < 4.78 is 11.7. The zero-order chi connectivity index (χ0) is 14.7. The van der Waals surface area contributed by atoms with Crippen molar-refractivity contribution in [3.63, 3.8) is 0 Å². The Morgan fingerprint density at radius 2 is 1.91 bits per heavy atom. The average molecular weight is 320 g/mol. The number of para-hydroxylation sites is 2. The van der Waals surface area contributed by atoms with Gasteiger partial charge in [-0.3, -0.25) is 0 Å². The number of aryl methyl sites for hydroxylation is 1. The average Bonchev–Trinajstić information content (AvgIpc) is 2.54. The summed E-state index contributed by atoms with van der Waals surface area (Å²) in [6.07, 6.45) is 2.35. The quantitative estimate of drug-likeness (QED) is 0.932. The minimum absolute atomic E-state index is 0. The molecule has 1 heterocycles. The highest BCUT2D eigenvalue weighted by molar-refractivity contribution is 5.85. The molecule has 2 aromatic carbocycles. The minimum Gasteiger partial charge on any atom is -0.496 e. The molecule has 118 valence electrons. The van der Waals surface area contributed by atoms with Crippen molar-refractivity contribution in [2.75, 3.05) is 20.7 Å². The Hall–Kier alpha value is -1.71. The second kappa shape index (κ2) is 7.52. The van der Waals surface area contributed by atoms with E-state index in [1.165, 1.54) is 5.56 Å². The molecule has 0 spiro atoms. The first kappa shape index (κ1) is 16.7. The van der Waals surface area contributed by atoms with Gasteiger partial charge in [0, 0.05) is 17.7 Å². The molecule has 1 aliphatic heterocycles. The third-order valence-electron chi connectivity index (χ3n) is 3.95. The lowest BCUT2D eigenvalue weighted by Gasteiger charge is -2.28. The predicted molar refractivity (Wildman–Crippen MR) is 92.3 cm³/mol. The highest BCUT2D eigenvalue weighted by Crippen LogP contribution is 2.41. The molecule has 0 radical (unpaired) electrons. The number of likely N-dealkylation sites (N-methyl/N-ethyl adjacent to an activating group) is 1. The van der Waals surface area contributed by atoms with Crippen molar-refractivity contribution in [1.82, 2.24) is 5.32 Å². The molecule has 2 aromatic rings. The fourth-order valence-corrected chi connectivity index (χ4v) is 2.91. The fourth-order valence-electron chi connectivity index (χ4n) is 2.91. The van der Waals surface area contributed by atoms with Crippen LogP contribution in [0.5, 0.6) is 11.5 Å². The minimum atomic E-state index is 0. The first-order valence-electron chi connectivity index (χ1n) is 7.40. The Morgan fingerprint density at radius 1 is 1.14 bits per heavy atom. The van der Waals surface area contributed by atoms with Crippen LogP contribution in [0, 0.1) is 0 Å². The zero-order valence-corrected chi connectivity index (χ0v) is 13.8. The summed E-state index contributed by atoms with van der Waals surface area (Å²) in [5.41, 5.74) is 3.48. The van der Waals surface area contributed by atoms with Crippen LogP contribution in [0.1, 0.15) is 12.0 Å². The van der Waals surface area contributed by atoms with Crippen LogP contribution in [0.15, 0.2) is 42.5 Å². The first-order chi connectivity index (χ1) is 10.3. The smallest absolute Gasteiger partial charge is 0.130 e. The van der Waals surface area contributed by atoms with Gasteiger partial charge in [0.1, 0.15) is 17.6 Å². The Balaban J connectivity index is 0.00000176. The van der Waals surface area contributed by atoms with Gasteiger partial charge in [0.2, 0.25) is 0 Å². The molecule has 0 aliphatic carbocycles. The van der Waals surface area contributed by atoms with Gasteiger partial charge in [-0.2, -0.15) is 0 Å². The van der Waals surface area contributed by atoms with Crippen molar-refractivity contribution in [3.05, 3.63) is 48.0 Å². The van der Waals surface area contributed by atoms with Gasteiger partial charge in [0.25, 0.3) is 0 Å². The number of ether oxygens (including phenoxy) is 2. The van der Waals surface area contributed by atoms with Gasteiger partial charge in [0.05, 0.1) is 7.11 Å². The molecular weight excluding hydrogens is 298 g/mol. The van der Waals surface area contributed by atoms with E-state index < -0.39 is 0 Å². The molecule has 0 bridgehead atoms. The maximum atomic E-state index is 6.24. The number of rotatable bonds is 4. The molecule has 0 fully saturated rings. The Kier molecular flexibility index (Phi) is 5.69. The Morgan fingerprint density at radius 3 is 2.68 bits per heavy atom. The molecule has 1 atom stereocenters. The number of halogens is 1. The van der Waals surface area contributed by atoms with Crippen LogP contribution in [-0.4, -0.2) is 26.8 Å². The summed E-state index contributed by atoms with van der Waals surface area (Å²) in [7, 11) is 3.67. The van der Waals surface area contributed by atoms with E-state index in [4.69, 9.17) is 9.47 Å². The second-order valence-electron chi connectivity index (χ2n) is 5.33. The van der Waals surface area contributed by atoms with Crippen LogP contribution < -0.4 is 14.8 Å². The third kappa shape index (κ3) is 3.21. The standard InChI is InChI=1S/C18H21NO2.ClH/c1-19-12-14-11-10-13-6-5-8-16(18(13)21-14)15-7-3-4-9-17(15)20-2;/h3-9,14,19H,10-12H2,1-2H3;1H/t14-;/m1./s1. The van der Waals surface area contributed by atoms with E-state index in [-0.39, 0.29) is 18.5 Å². The summed E-state index contributed by atoms with van der Waals surface area (Å²) >= 11 is 0. The number of hydrogen-bond acceptors (Lipinski definition) is 3. The molecule has 0 amide bonds. The van der Waals surface area contributed by atoms with E-state index in [1.807, 2.05) is 25.2 Å². The first-order valence-corrected chi connectivity index (χ1v) is 7.40. The van der Waals surface area contributed by atoms with Crippen molar-refractivity contribution < 1.29 is 9.47 Å². The van der Waals surface area contributed by atoms with Crippen molar-refractivity contribution in [1.29, 1.82) is 0 Å². The van der Waals surface area contributed by atoms with E-state index in [0.29, 0.717) is 0 Å². The van der Waals surface area contributed by atoms with Gasteiger partial charge >= 0.3 is 0 Å². The highest BCUT2D eigenvalue weighted by atomic mass is 35.5. The number of nitrogens with one attached hydrogen (secondary N) is 1. The van der Waals surface area contributed by atoms with E-state index in [9.17, 15) is 0 Å². The Bertz CT molecular complexity index is 630. The largest absolute Gasteiger partial charge is 0.496 e. The number of hydrogen-bond donors (Lipinski definition) is 1. The maximum Gasteiger partial charge on any atom is 0.130 e. The molecule has 3 nitrogen and oxygen atoms in total. The van der Waals surface area contributed by atoms with Gasteiger partial charge in [-0.15, -0.1) is 12.4 Å². The van der Waals surface area contributed by atoms with Gasteiger partial charge < -0.3 is 14.8 Å². The van der Waals surface area contributed by atoms with Crippen LogP contribution in [0.4, 0.5) is 0 Å². The van der Waals surface area contributed by atoms with Crippen molar-refractivity contribution >= 4 is 12.4 Å². The van der Waals surface area contributed by atoms with Crippen LogP contribution in [0.3, 0.4) is 0 Å². The molecule has 22 heavy (non-hydrogen) atoms. The molecule has 0 saturated carbocycles. The number of fused-ring (bicyclic) bond motifs is 1. The summed E-state index contributed by atoms with van der Waals surface area (Å²) in [6.45, 7) is 0.875. The molecule has 3 rings (SSSR count). The van der Waals surface area contributed by atoms with E-state index in [2.05, 4.69) is 29.6 Å². The topological polar surface area (TPSA) is 30.5 Å². The van der Waals surface area contributed by atoms with Gasteiger partial charge in [-0.1, -0.05) is 36.4 Å². The monoisotopic (exact) mass is 319 g/mol. The van der Waals surface area contributed by atoms with E-state index in [0.717, 1.165) is 42.0 Å². The molecule has 0 unspecified atom stereocenters. The number of benzene rings is 2. The summed E-state index contributed by atoms with van der Waals surface area (Å²) in [4.78, 5) is 0. The van der Waals surface area contributed by atoms with Gasteiger partial charge in [0.15, 0.2) is 0 Å². The fraction of sp³-hybridized carbons (Fsp3) is 0.333. The summed E-state index contributed by atoms with van der Waals surface area (Å²) in [6, 6.07) is 14.5. The molecule has 1 aliphatic rings. The van der Waals surface area contributed by atoms with Crippen LogP contribution >= 0.6 is 12.4 Å². The van der Waals surface area contributed by atoms with Crippen LogP contribution in [-0.2, 0) is 6.42 Å². The second-order valence-corrected chi connectivity index (χ2v) is 5.33. The molecule has 1 N–H and O–H groups in total. The molecule has 0 saturated heterocycles. The summed E-state index contributed by atoms with van der Waals surface area (Å²) in [5.74, 6) is 1.89. The lowest BCUT2D eigenvalue weighted by Crippen LogP contribution is -2.32. The van der Waals surface area contributed by atoms with Crippen LogP contribution in [0.25, 0.3) is 11.1 Å². The van der Waals surface area contributed by atoms with Gasteiger partial charge in [-0.05, 0) is 31.5 Å². The van der Waals surface area contributed by atoms with Crippen LogP contribution in [0.2, 0.25) is 0 Å². The van der Waals surface area contributed by atoms with Gasteiger partial charge in [-0.25, -0.2) is 0 Å². The SMILES string of the molecule is CNC[C@H]1CCc2cccc(-c3ccccc3OC)c2O1.Cl. The van der Waals surface area contributed by atoms with Crippen molar-refractivity contribution in [3.8, 4) is 22.6 Å². The maximum absolute atomic E-state index is 6.24. The normalized spacial score (nSPS) is 16.2. The third-order valence-corrected chi connectivity index (χ3v) is 3.95. The van der Waals surface area contributed by atoms with E-state index in [1.54, 1.807) is 7.11 Å². The lowest BCUT2D eigenvalue weighted by atomic mass is 9.95. The van der Waals surface area contributed by atoms with E-state index >= 15 is 0 Å². The molecular formula is C18H22ClNO2. The van der Waals surface area contributed by atoms with Crippen molar-refractivity contribution in [2.24, 2.45) is 0 Å². The number of methoxy groups -OCH3 is 1. The molecule has 0 aromatic heterocycles. The predicted octanol–water partition coefficient (Wildman–Crippen LogP) is 3.70. The highest BCUT2D eigenvalue weighted by Gasteiger charge is 2.23.